The zero-order valence-electron chi connectivity index (χ0n) is 31.5. The van der Waals surface area contributed by atoms with E-state index in [4.69, 9.17) is 4.74 Å². The van der Waals surface area contributed by atoms with Crippen LogP contribution in [-0.2, 0) is 20.8 Å². The molecule has 2 N–H and O–H groups in total. The largest absolute Gasteiger partial charge is 0.495 e. The minimum atomic E-state index is -0.820. The predicted molar refractivity (Wildman–Crippen MR) is 206 cm³/mol. The zero-order valence-corrected chi connectivity index (χ0v) is 31.5. The molecule has 3 aromatic carbocycles. The monoisotopic (exact) mass is 721 g/mol. The number of aliphatic hydroxyl groups is 1. The molecular weight excluding hydrogens is 667 g/mol. The van der Waals surface area contributed by atoms with Crippen molar-refractivity contribution in [2.45, 2.75) is 69.6 Å². The molecule has 6 fully saturated rings. The molecule has 3 aromatic rings. The molecule has 0 spiro atoms. The lowest BCUT2D eigenvalue weighted by Crippen LogP contribution is -2.62. The van der Waals surface area contributed by atoms with E-state index >= 15 is 0 Å². The molecule has 2 heterocycles. The van der Waals surface area contributed by atoms with Gasteiger partial charge in [0, 0.05) is 52.1 Å². The van der Waals surface area contributed by atoms with E-state index in [-0.39, 0.29) is 36.1 Å². The van der Waals surface area contributed by atoms with Crippen molar-refractivity contribution in [1.82, 2.24) is 20.0 Å². The average molecular weight is 722 g/mol. The summed E-state index contributed by atoms with van der Waals surface area (Å²) in [5, 5.41) is 16.3. The SMILES string of the molecule is COc1ccccc1N1CCN(C(=O)C(Cc2ccc3ccccc3c2)NC(=O)C2C[C@@H](O)CN2C(=O)C23CC4CC(CC(CN(C)C)(C4)C2)C3)CC1. The van der Waals surface area contributed by atoms with Gasteiger partial charge in [-0.15, -0.1) is 0 Å². The lowest BCUT2D eigenvalue weighted by Gasteiger charge is -2.62. The highest BCUT2D eigenvalue weighted by Crippen LogP contribution is 2.66. The fourth-order valence-corrected chi connectivity index (χ4v) is 11.5. The van der Waals surface area contributed by atoms with Gasteiger partial charge in [0.1, 0.15) is 17.8 Å². The first-order chi connectivity index (χ1) is 25.5. The maximum atomic E-state index is 14.8. The second kappa shape index (κ2) is 14.3. The van der Waals surface area contributed by atoms with Crippen molar-refractivity contribution in [2.24, 2.45) is 22.7 Å². The summed E-state index contributed by atoms with van der Waals surface area (Å²) in [5.74, 6) is 1.42. The van der Waals surface area contributed by atoms with E-state index in [2.05, 4.69) is 53.5 Å². The van der Waals surface area contributed by atoms with E-state index in [1.165, 1.54) is 19.3 Å². The summed E-state index contributed by atoms with van der Waals surface area (Å²) in [6.07, 6.45) is 5.88. The number of nitrogens with zero attached hydrogens (tertiary/aromatic N) is 4. The maximum absolute atomic E-state index is 14.8. The summed E-state index contributed by atoms with van der Waals surface area (Å²) >= 11 is 0. The smallest absolute Gasteiger partial charge is 0.245 e. The predicted octanol–water partition coefficient (Wildman–Crippen LogP) is 4.33. The number of hydrogen-bond donors (Lipinski definition) is 2. The van der Waals surface area contributed by atoms with Gasteiger partial charge in [0.05, 0.1) is 24.3 Å². The highest BCUT2D eigenvalue weighted by molar-refractivity contribution is 5.94. The van der Waals surface area contributed by atoms with Crippen molar-refractivity contribution >= 4 is 34.2 Å². The van der Waals surface area contributed by atoms with Crippen LogP contribution in [0.25, 0.3) is 10.8 Å². The first-order valence-electron chi connectivity index (χ1n) is 19.6. The van der Waals surface area contributed by atoms with Crippen LogP contribution in [0.4, 0.5) is 5.69 Å². The van der Waals surface area contributed by atoms with Crippen LogP contribution in [-0.4, -0.2) is 116 Å². The number of benzene rings is 3. The van der Waals surface area contributed by atoms with Crippen LogP contribution in [0.5, 0.6) is 5.75 Å². The molecular formula is C43H55N5O5. The molecule has 4 aliphatic carbocycles. The second-order valence-electron chi connectivity index (χ2n) is 17.3. The number of rotatable bonds is 10. The van der Waals surface area contributed by atoms with Crippen molar-refractivity contribution in [2.75, 3.05) is 65.4 Å². The number of carbonyl (C=O) groups excluding carboxylic acids is 3. The van der Waals surface area contributed by atoms with Gasteiger partial charge in [-0.2, -0.15) is 0 Å². The Bertz CT molecular complexity index is 1840. The summed E-state index contributed by atoms with van der Waals surface area (Å²) in [7, 11) is 5.92. The van der Waals surface area contributed by atoms with Gasteiger partial charge in [0.15, 0.2) is 0 Å². The molecule has 10 heteroatoms. The molecule has 9 rings (SSSR count). The summed E-state index contributed by atoms with van der Waals surface area (Å²) in [5.41, 5.74) is 1.60. The van der Waals surface area contributed by atoms with Gasteiger partial charge >= 0.3 is 0 Å². The van der Waals surface area contributed by atoms with Gasteiger partial charge < -0.3 is 34.8 Å². The molecule has 5 atom stereocenters. The van der Waals surface area contributed by atoms with E-state index in [1.54, 1.807) is 12.0 Å². The van der Waals surface area contributed by atoms with Gasteiger partial charge in [-0.3, -0.25) is 14.4 Å². The molecule has 10 nitrogen and oxygen atoms in total. The molecule has 0 radical (unpaired) electrons. The lowest BCUT2D eigenvalue weighted by atomic mass is 9.43. The molecule has 4 saturated carbocycles. The first-order valence-corrected chi connectivity index (χ1v) is 19.6. The number of para-hydroxylation sites is 2. The highest BCUT2D eigenvalue weighted by Gasteiger charge is 2.62. The minimum Gasteiger partial charge on any atom is -0.495 e. The van der Waals surface area contributed by atoms with E-state index in [0.29, 0.717) is 44.4 Å². The second-order valence-corrected chi connectivity index (χ2v) is 17.3. The molecule has 53 heavy (non-hydrogen) atoms. The minimum absolute atomic E-state index is 0.0382. The van der Waals surface area contributed by atoms with Crippen LogP contribution in [0.3, 0.4) is 0 Å². The Balaban J connectivity index is 1.02. The molecule has 3 amide bonds. The van der Waals surface area contributed by atoms with E-state index in [1.807, 2.05) is 47.4 Å². The van der Waals surface area contributed by atoms with Gasteiger partial charge in [-0.25, -0.2) is 0 Å². The van der Waals surface area contributed by atoms with E-state index < -0.39 is 23.6 Å². The van der Waals surface area contributed by atoms with Crippen LogP contribution in [0.2, 0.25) is 0 Å². The van der Waals surface area contributed by atoms with Crippen molar-refractivity contribution in [3.05, 3.63) is 72.3 Å². The van der Waals surface area contributed by atoms with E-state index in [9.17, 15) is 19.5 Å². The first kappa shape index (κ1) is 35.9. The quantitative estimate of drug-likeness (QED) is 0.321. The van der Waals surface area contributed by atoms with Crippen LogP contribution in [0.1, 0.15) is 50.5 Å². The number of hydrogen-bond acceptors (Lipinski definition) is 7. The number of nitrogens with one attached hydrogen (secondary N) is 1. The Labute approximate surface area is 313 Å². The molecule has 282 valence electrons. The molecule has 4 bridgehead atoms. The Morgan fingerprint density at radius 2 is 1.60 bits per heavy atom. The average Bonchev–Trinajstić information content (AvgIpc) is 3.54. The highest BCUT2D eigenvalue weighted by atomic mass is 16.5. The normalized spacial score (nSPS) is 29.9. The summed E-state index contributed by atoms with van der Waals surface area (Å²) < 4.78 is 5.60. The maximum Gasteiger partial charge on any atom is 0.245 e. The summed E-state index contributed by atoms with van der Waals surface area (Å²) in [6.45, 7) is 3.43. The van der Waals surface area contributed by atoms with Gasteiger partial charge in [-0.1, -0.05) is 54.6 Å². The fraction of sp³-hybridized carbons (Fsp3) is 0.558. The Morgan fingerprint density at radius 1 is 0.906 bits per heavy atom. The Morgan fingerprint density at radius 3 is 2.32 bits per heavy atom. The number of amides is 3. The zero-order chi connectivity index (χ0) is 36.9. The van der Waals surface area contributed by atoms with Crippen molar-refractivity contribution in [3.8, 4) is 5.75 Å². The third-order valence-corrected chi connectivity index (χ3v) is 13.0. The number of aliphatic hydroxyl groups excluding tert-OH is 1. The number of methoxy groups -OCH3 is 1. The van der Waals surface area contributed by atoms with Crippen molar-refractivity contribution in [3.63, 3.8) is 0 Å². The van der Waals surface area contributed by atoms with Crippen LogP contribution in [0.15, 0.2) is 66.7 Å². The lowest BCUT2D eigenvalue weighted by molar-refractivity contribution is -0.171. The molecule has 2 saturated heterocycles. The summed E-state index contributed by atoms with van der Waals surface area (Å²) in [6, 6.07) is 20.6. The summed E-state index contributed by atoms with van der Waals surface area (Å²) in [4.78, 5) is 51.7. The van der Waals surface area contributed by atoms with Gasteiger partial charge in [0.2, 0.25) is 17.7 Å². The fourth-order valence-electron chi connectivity index (χ4n) is 11.5. The Hall–Kier alpha value is -4.15. The number of piperazine rings is 1. The third-order valence-electron chi connectivity index (χ3n) is 13.0. The number of anilines is 1. The molecule has 4 unspecified atom stereocenters. The third kappa shape index (κ3) is 7.00. The molecule has 2 aliphatic heterocycles. The molecule has 6 aliphatic rings. The molecule has 0 aromatic heterocycles. The number of β-amino-alcohol motifs (C(OH)–C–C–N with tert-alkyl or cyclic N) is 1. The van der Waals surface area contributed by atoms with Crippen LogP contribution >= 0.6 is 0 Å². The Kier molecular flexibility index (Phi) is 9.64. The topological polar surface area (TPSA) is 106 Å². The van der Waals surface area contributed by atoms with Gasteiger partial charge in [0.25, 0.3) is 0 Å². The number of carbonyl (C=O) groups is 3. The number of likely N-dealkylation sites (tertiary alicyclic amines) is 1. The van der Waals surface area contributed by atoms with Crippen LogP contribution < -0.4 is 15.0 Å². The number of ether oxygens (including phenoxy) is 1. The van der Waals surface area contributed by atoms with Crippen molar-refractivity contribution < 1.29 is 24.2 Å². The van der Waals surface area contributed by atoms with Crippen molar-refractivity contribution in [1.29, 1.82) is 0 Å². The standard InChI is InChI=1S/C43H55N5O5/c1-45(2)28-42-22-30-18-31(23-42)25-43(24-30,27-42)41(52)48-26-34(49)21-37(48)39(50)44-35(20-29-12-13-32-8-4-5-9-33(32)19-29)40(51)47-16-14-46(15-17-47)36-10-6-7-11-38(36)53-3/h4-13,19,30-31,34-35,37,49H,14-18,20-28H2,1-3H3,(H,44,50)/t30?,31?,34-,35?,37?,42?,43?/m1/s1. The van der Waals surface area contributed by atoms with Gasteiger partial charge in [-0.05, 0) is 98.3 Å². The van der Waals surface area contributed by atoms with E-state index in [0.717, 1.165) is 53.6 Å². The van der Waals surface area contributed by atoms with Crippen LogP contribution in [0, 0.1) is 22.7 Å². The number of fused-ring (bicyclic) bond motifs is 1.